The van der Waals surface area contributed by atoms with Gasteiger partial charge in [0.2, 0.25) is 0 Å². The average Bonchev–Trinajstić information content (AvgIpc) is 2.82. The predicted octanol–water partition coefficient (Wildman–Crippen LogP) is 8.24. The lowest BCUT2D eigenvalue weighted by Crippen LogP contribution is -1.91. The van der Waals surface area contributed by atoms with Crippen LogP contribution in [0.4, 0.5) is 5.69 Å². The molecule has 0 aliphatic rings. The summed E-state index contributed by atoms with van der Waals surface area (Å²) >= 11 is 0. The Labute approximate surface area is 188 Å². The van der Waals surface area contributed by atoms with Crippen LogP contribution in [-0.2, 0) is 0 Å². The van der Waals surface area contributed by atoms with E-state index in [-0.39, 0.29) is 5.75 Å². The van der Waals surface area contributed by atoms with Crippen molar-refractivity contribution in [3.8, 4) is 16.9 Å². The van der Waals surface area contributed by atoms with E-state index in [9.17, 15) is 5.11 Å². The third-order valence-corrected chi connectivity index (χ3v) is 6.01. The second-order valence-electron chi connectivity index (χ2n) is 8.41. The van der Waals surface area contributed by atoms with Crippen LogP contribution in [0.2, 0.25) is 0 Å². The Bertz CT molecular complexity index is 1410. The molecule has 0 saturated carbocycles. The lowest BCUT2D eigenvalue weighted by Gasteiger charge is -2.14. The largest absolute Gasteiger partial charge is 0.507 e. The Morgan fingerprint density at radius 2 is 1.34 bits per heavy atom. The Morgan fingerprint density at radius 1 is 0.719 bits per heavy atom. The summed E-state index contributed by atoms with van der Waals surface area (Å²) in [4.78, 5) is 4.73. The van der Waals surface area contributed by atoms with Crippen molar-refractivity contribution < 1.29 is 5.11 Å². The topological polar surface area (TPSA) is 32.6 Å². The molecule has 0 aliphatic carbocycles. The van der Waals surface area contributed by atoms with E-state index in [4.69, 9.17) is 4.99 Å². The second-order valence-corrected chi connectivity index (χ2v) is 8.41. The van der Waals surface area contributed by atoms with Gasteiger partial charge in [-0.3, -0.25) is 4.99 Å². The van der Waals surface area contributed by atoms with Gasteiger partial charge in [-0.05, 0) is 51.2 Å². The fourth-order valence-corrected chi connectivity index (χ4v) is 4.40. The molecule has 0 radical (unpaired) electrons. The maximum absolute atomic E-state index is 11.3. The number of phenolic OH excluding ortho intramolecular Hbond substituents is 1. The monoisotopic (exact) mass is 415 g/mol. The molecule has 0 bridgehead atoms. The molecular weight excluding hydrogens is 390 g/mol. The summed E-state index contributed by atoms with van der Waals surface area (Å²) in [6.45, 7) is 4.33. The number of nitrogens with zero attached hydrogens (tertiary/aromatic N) is 1. The van der Waals surface area contributed by atoms with Crippen LogP contribution in [-0.4, -0.2) is 11.3 Å². The fourth-order valence-electron chi connectivity index (χ4n) is 4.40. The van der Waals surface area contributed by atoms with Gasteiger partial charge < -0.3 is 5.11 Å². The van der Waals surface area contributed by atoms with E-state index in [0.29, 0.717) is 11.5 Å². The van der Waals surface area contributed by atoms with Gasteiger partial charge in [0.25, 0.3) is 0 Å². The third kappa shape index (κ3) is 3.54. The van der Waals surface area contributed by atoms with Gasteiger partial charge in [-0.1, -0.05) is 92.7 Å². The van der Waals surface area contributed by atoms with E-state index in [1.54, 1.807) is 6.21 Å². The van der Waals surface area contributed by atoms with E-state index >= 15 is 0 Å². The van der Waals surface area contributed by atoms with Crippen molar-refractivity contribution >= 4 is 33.4 Å². The zero-order valence-electron chi connectivity index (χ0n) is 18.3. The number of phenols is 1. The number of fused-ring (bicyclic) bond motifs is 2. The molecule has 32 heavy (non-hydrogen) atoms. The van der Waals surface area contributed by atoms with E-state index in [0.717, 1.165) is 38.4 Å². The molecule has 5 aromatic carbocycles. The van der Waals surface area contributed by atoms with Crippen molar-refractivity contribution in [3.05, 3.63) is 108 Å². The highest BCUT2D eigenvalue weighted by molar-refractivity contribution is 6.14. The summed E-state index contributed by atoms with van der Waals surface area (Å²) in [5, 5.41) is 15.9. The molecule has 2 nitrogen and oxygen atoms in total. The first-order chi connectivity index (χ1) is 15.6. The van der Waals surface area contributed by atoms with Gasteiger partial charge in [-0.15, -0.1) is 0 Å². The van der Waals surface area contributed by atoms with Crippen LogP contribution >= 0.6 is 0 Å². The molecule has 2 heteroatoms. The maximum atomic E-state index is 11.3. The molecule has 0 aromatic heterocycles. The fraction of sp³-hybridized carbons (Fsp3) is 0.100. The summed E-state index contributed by atoms with van der Waals surface area (Å²) in [7, 11) is 0. The number of para-hydroxylation sites is 2. The van der Waals surface area contributed by atoms with Crippen molar-refractivity contribution in [2.45, 2.75) is 19.8 Å². The molecule has 156 valence electrons. The molecule has 0 heterocycles. The molecular formula is C30H25NO. The van der Waals surface area contributed by atoms with E-state index < -0.39 is 0 Å². The number of rotatable bonds is 4. The van der Waals surface area contributed by atoms with Gasteiger partial charge in [0.15, 0.2) is 0 Å². The zero-order chi connectivity index (χ0) is 22.1. The number of aliphatic imine (C=N–C) groups is 1. The first-order valence-corrected chi connectivity index (χ1v) is 11.0. The highest BCUT2D eigenvalue weighted by Gasteiger charge is 2.15. The maximum Gasteiger partial charge on any atom is 0.132 e. The molecule has 5 rings (SSSR count). The zero-order valence-corrected chi connectivity index (χ0v) is 18.3. The molecule has 0 saturated heterocycles. The lowest BCUT2D eigenvalue weighted by atomic mass is 9.91. The second kappa shape index (κ2) is 8.32. The molecule has 0 fully saturated rings. The van der Waals surface area contributed by atoms with Gasteiger partial charge in [0.1, 0.15) is 5.75 Å². The van der Waals surface area contributed by atoms with Crippen LogP contribution in [0.15, 0.2) is 102 Å². The normalized spacial score (nSPS) is 11.7. The number of hydrogen-bond acceptors (Lipinski definition) is 2. The SMILES string of the molecule is CC(C)c1ccccc1N=Cc1cccc(-c2c3ccccc3cc3ccccc23)c1O. The van der Waals surface area contributed by atoms with Crippen molar-refractivity contribution in [3.63, 3.8) is 0 Å². The van der Waals surface area contributed by atoms with Gasteiger partial charge in [-0.25, -0.2) is 0 Å². The summed E-state index contributed by atoms with van der Waals surface area (Å²) in [6.07, 6.45) is 1.77. The molecule has 5 aromatic rings. The van der Waals surface area contributed by atoms with Crippen molar-refractivity contribution in [2.75, 3.05) is 0 Å². The first-order valence-electron chi connectivity index (χ1n) is 11.0. The lowest BCUT2D eigenvalue weighted by molar-refractivity contribution is 0.476. The smallest absolute Gasteiger partial charge is 0.132 e. The molecule has 0 amide bonds. The minimum Gasteiger partial charge on any atom is -0.507 e. The average molecular weight is 416 g/mol. The quantitative estimate of drug-likeness (QED) is 0.233. The summed E-state index contributed by atoms with van der Waals surface area (Å²) in [6, 6.07) is 32.9. The summed E-state index contributed by atoms with van der Waals surface area (Å²) in [5.74, 6) is 0.630. The van der Waals surface area contributed by atoms with Crippen LogP contribution in [0, 0.1) is 0 Å². The van der Waals surface area contributed by atoms with Crippen molar-refractivity contribution in [2.24, 2.45) is 4.99 Å². The van der Waals surface area contributed by atoms with Gasteiger partial charge >= 0.3 is 0 Å². The van der Waals surface area contributed by atoms with Crippen LogP contribution < -0.4 is 0 Å². The van der Waals surface area contributed by atoms with Crippen LogP contribution in [0.5, 0.6) is 5.75 Å². The first kappa shape index (κ1) is 20.0. The number of hydrogen-bond donors (Lipinski definition) is 1. The molecule has 0 aliphatic heterocycles. The highest BCUT2D eigenvalue weighted by atomic mass is 16.3. The van der Waals surface area contributed by atoms with Gasteiger partial charge in [0, 0.05) is 22.9 Å². The van der Waals surface area contributed by atoms with E-state index in [2.05, 4.69) is 62.4 Å². The Morgan fingerprint density at radius 3 is 2.03 bits per heavy atom. The van der Waals surface area contributed by atoms with E-state index in [1.807, 2.05) is 48.5 Å². The summed E-state index contributed by atoms with van der Waals surface area (Å²) < 4.78 is 0. The number of benzene rings is 5. The standard InChI is InChI=1S/C30H25NO/c1-20(2)24-13-7-8-17-28(24)31-19-23-12-9-16-27(30(23)32)29-25-14-5-3-10-21(25)18-22-11-4-6-15-26(22)29/h3-20,32H,1-2H3. The predicted molar refractivity (Wildman–Crippen MR) is 136 cm³/mol. The van der Waals surface area contributed by atoms with Crippen molar-refractivity contribution in [1.29, 1.82) is 0 Å². The highest BCUT2D eigenvalue weighted by Crippen LogP contribution is 2.41. The molecule has 0 spiro atoms. The number of aromatic hydroxyl groups is 1. The molecule has 0 atom stereocenters. The Balaban J connectivity index is 1.69. The third-order valence-electron chi connectivity index (χ3n) is 6.01. The minimum atomic E-state index is 0.250. The van der Waals surface area contributed by atoms with Crippen molar-refractivity contribution in [1.82, 2.24) is 0 Å². The van der Waals surface area contributed by atoms with Crippen LogP contribution in [0.25, 0.3) is 32.7 Å². The van der Waals surface area contributed by atoms with Gasteiger partial charge in [-0.2, -0.15) is 0 Å². The minimum absolute atomic E-state index is 0.250. The molecule has 1 N–H and O–H groups in total. The molecule has 0 unspecified atom stereocenters. The Kier molecular flexibility index (Phi) is 5.20. The van der Waals surface area contributed by atoms with Crippen LogP contribution in [0.3, 0.4) is 0 Å². The van der Waals surface area contributed by atoms with Gasteiger partial charge in [0.05, 0.1) is 5.69 Å². The summed E-state index contributed by atoms with van der Waals surface area (Å²) in [5.41, 5.74) is 4.70. The Hall–Kier alpha value is -3.91. The van der Waals surface area contributed by atoms with Crippen LogP contribution in [0.1, 0.15) is 30.9 Å². The van der Waals surface area contributed by atoms with E-state index in [1.165, 1.54) is 5.56 Å².